The minimum Gasteiger partial charge on any atom is -0.345 e. The first-order valence-corrected chi connectivity index (χ1v) is 6.36. The van der Waals surface area contributed by atoms with Crippen LogP contribution in [0.2, 0.25) is 0 Å². The van der Waals surface area contributed by atoms with E-state index < -0.39 is 0 Å². The number of rotatable bonds is 1. The van der Waals surface area contributed by atoms with Gasteiger partial charge in [-0.2, -0.15) is 0 Å². The topological polar surface area (TPSA) is 29.1 Å². The highest BCUT2D eigenvalue weighted by atomic mass is 19.1. The van der Waals surface area contributed by atoms with Crippen molar-refractivity contribution >= 4 is 5.91 Å². The van der Waals surface area contributed by atoms with Crippen molar-refractivity contribution in [2.24, 2.45) is 5.92 Å². The maximum absolute atomic E-state index is 13.3. The van der Waals surface area contributed by atoms with Crippen molar-refractivity contribution in [3.05, 3.63) is 35.1 Å². The Morgan fingerprint density at radius 3 is 2.71 bits per heavy atom. The van der Waals surface area contributed by atoms with Crippen LogP contribution in [0.4, 0.5) is 4.39 Å². The number of benzene rings is 1. The van der Waals surface area contributed by atoms with E-state index >= 15 is 0 Å². The molecule has 90 valence electrons. The normalized spacial score (nSPS) is 24.5. The van der Waals surface area contributed by atoms with Gasteiger partial charge in [-0.1, -0.05) is 19.3 Å². The summed E-state index contributed by atoms with van der Waals surface area (Å²) in [6.07, 6.45) is 6.01. The molecule has 0 radical (unpaired) electrons. The van der Waals surface area contributed by atoms with E-state index in [1.807, 2.05) is 0 Å². The van der Waals surface area contributed by atoms with Crippen molar-refractivity contribution in [3.63, 3.8) is 0 Å². The number of carbonyl (C=O) groups is 1. The maximum atomic E-state index is 13.3. The van der Waals surface area contributed by atoms with Crippen LogP contribution >= 0.6 is 0 Å². The van der Waals surface area contributed by atoms with Crippen molar-refractivity contribution in [1.29, 1.82) is 0 Å². The van der Waals surface area contributed by atoms with Crippen molar-refractivity contribution in [3.8, 4) is 0 Å². The third-order valence-corrected chi connectivity index (χ3v) is 4.00. The summed E-state index contributed by atoms with van der Waals surface area (Å²) >= 11 is 0. The first-order chi connectivity index (χ1) is 8.25. The van der Waals surface area contributed by atoms with Crippen molar-refractivity contribution in [1.82, 2.24) is 5.32 Å². The Morgan fingerprint density at radius 1 is 1.18 bits per heavy atom. The Kier molecular flexibility index (Phi) is 2.61. The Bertz CT molecular complexity index is 452. The molecule has 1 heterocycles. The maximum Gasteiger partial charge on any atom is 0.252 e. The zero-order valence-electron chi connectivity index (χ0n) is 9.71. The molecule has 3 heteroatoms. The molecule has 17 heavy (non-hydrogen) atoms. The lowest BCUT2D eigenvalue weighted by atomic mass is 9.81. The summed E-state index contributed by atoms with van der Waals surface area (Å²) in [7, 11) is 0. The molecule has 0 spiro atoms. The molecule has 1 fully saturated rings. The minimum atomic E-state index is -0.249. The van der Waals surface area contributed by atoms with E-state index in [0.29, 0.717) is 11.5 Å². The monoisotopic (exact) mass is 233 g/mol. The summed E-state index contributed by atoms with van der Waals surface area (Å²) in [4.78, 5) is 11.8. The van der Waals surface area contributed by atoms with Crippen LogP contribution in [-0.4, -0.2) is 5.91 Å². The second kappa shape index (κ2) is 4.13. The molecule has 0 bridgehead atoms. The Balaban J connectivity index is 1.94. The predicted octanol–water partition coefficient (Wildman–Crippen LogP) is 3.19. The smallest absolute Gasteiger partial charge is 0.252 e. The van der Waals surface area contributed by atoms with Crippen LogP contribution in [-0.2, 0) is 0 Å². The Morgan fingerprint density at radius 2 is 1.94 bits per heavy atom. The summed E-state index contributed by atoms with van der Waals surface area (Å²) in [5.41, 5.74) is 1.52. The quantitative estimate of drug-likeness (QED) is 0.793. The van der Waals surface area contributed by atoms with E-state index in [0.717, 1.165) is 18.4 Å². The molecule has 1 saturated carbocycles. The number of hydrogen-bond donors (Lipinski definition) is 1. The fourth-order valence-electron chi connectivity index (χ4n) is 3.13. The molecule has 1 aromatic carbocycles. The van der Waals surface area contributed by atoms with Crippen LogP contribution in [0.25, 0.3) is 0 Å². The van der Waals surface area contributed by atoms with E-state index in [2.05, 4.69) is 5.32 Å². The highest BCUT2D eigenvalue weighted by molar-refractivity contribution is 5.99. The molecule has 2 aliphatic rings. The predicted molar refractivity (Wildman–Crippen MR) is 63.2 cm³/mol. The molecule has 1 aliphatic heterocycles. The Hall–Kier alpha value is -1.38. The van der Waals surface area contributed by atoms with Crippen molar-refractivity contribution in [2.45, 2.75) is 38.1 Å². The molecule has 1 atom stereocenters. The van der Waals surface area contributed by atoms with Crippen LogP contribution in [0, 0.1) is 11.7 Å². The lowest BCUT2D eigenvalue weighted by Crippen LogP contribution is -2.27. The van der Waals surface area contributed by atoms with Crippen LogP contribution in [0.5, 0.6) is 0 Å². The third-order valence-electron chi connectivity index (χ3n) is 4.00. The van der Waals surface area contributed by atoms with E-state index in [-0.39, 0.29) is 17.8 Å². The van der Waals surface area contributed by atoms with Gasteiger partial charge in [0.25, 0.3) is 5.91 Å². The molecule has 2 nitrogen and oxygen atoms in total. The fraction of sp³-hybridized carbons (Fsp3) is 0.500. The molecule has 1 amide bonds. The number of carbonyl (C=O) groups excluding carboxylic acids is 1. The van der Waals surface area contributed by atoms with E-state index in [9.17, 15) is 9.18 Å². The molecule has 1 aromatic rings. The molecular formula is C14H16FNO. The molecular weight excluding hydrogens is 217 g/mol. The summed E-state index contributed by atoms with van der Waals surface area (Å²) in [6, 6.07) is 4.52. The summed E-state index contributed by atoms with van der Waals surface area (Å²) in [5.74, 6) is 0.187. The highest BCUT2D eigenvalue weighted by Gasteiger charge is 2.34. The average molecular weight is 233 g/mol. The molecule has 0 saturated heterocycles. The minimum absolute atomic E-state index is 0.0356. The van der Waals surface area contributed by atoms with Gasteiger partial charge in [0.15, 0.2) is 0 Å². The largest absolute Gasteiger partial charge is 0.345 e. The SMILES string of the molecule is O=C1NC(C2CCCCC2)c2cc(F)ccc21. The summed E-state index contributed by atoms with van der Waals surface area (Å²) in [5, 5.41) is 3.01. The van der Waals surface area contributed by atoms with Gasteiger partial charge in [0.05, 0.1) is 6.04 Å². The Labute approximate surface area is 100 Å². The van der Waals surface area contributed by atoms with Gasteiger partial charge in [-0.15, -0.1) is 0 Å². The van der Waals surface area contributed by atoms with E-state index in [1.54, 1.807) is 6.07 Å². The average Bonchev–Trinajstić information content (AvgIpc) is 2.67. The number of hydrogen-bond acceptors (Lipinski definition) is 1. The second-order valence-corrected chi connectivity index (χ2v) is 5.08. The first kappa shape index (κ1) is 10.8. The van der Waals surface area contributed by atoms with Crippen LogP contribution in [0.3, 0.4) is 0 Å². The van der Waals surface area contributed by atoms with Crippen LogP contribution < -0.4 is 5.32 Å². The van der Waals surface area contributed by atoms with Gasteiger partial charge < -0.3 is 5.32 Å². The van der Waals surface area contributed by atoms with Gasteiger partial charge in [-0.05, 0) is 42.5 Å². The van der Waals surface area contributed by atoms with Gasteiger partial charge in [-0.3, -0.25) is 4.79 Å². The van der Waals surface area contributed by atoms with Crippen molar-refractivity contribution in [2.75, 3.05) is 0 Å². The van der Waals surface area contributed by atoms with Gasteiger partial charge in [-0.25, -0.2) is 4.39 Å². The molecule has 1 unspecified atom stereocenters. The van der Waals surface area contributed by atoms with Crippen molar-refractivity contribution < 1.29 is 9.18 Å². The van der Waals surface area contributed by atoms with Gasteiger partial charge in [0, 0.05) is 5.56 Å². The molecule has 1 aliphatic carbocycles. The molecule has 3 rings (SSSR count). The number of amides is 1. The zero-order chi connectivity index (χ0) is 11.8. The molecule has 1 N–H and O–H groups in total. The second-order valence-electron chi connectivity index (χ2n) is 5.08. The standard InChI is InChI=1S/C14H16FNO/c15-10-6-7-11-12(8-10)13(16-14(11)17)9-4-2-1-3-5-9/h6-9,13H,1-5H2,(H,16,17). The van der Waals surface area contributed by atoms with Gasteiger partial charge in [0.2, 0.25) is 0 Å². The fourth-order valence-corrected chi connectivity index (χ4v) is 3.13. The van der Waals surface area contributed by atoms with Crippen LogP contribution in [0.1, 0.15) is 54.1 Å². The molecule has 0 aromatic heterocycles. The van der Waals surface area contributed by atoms with E-state index in [4.69, 9.17) is 0 Å². The highest BCUT2D eigenvalue weighted by Crippen LogP contribution is 2.38. The van der Waals surface area contributed by atoms with Crippen LogP contribution in [0.15, 0.2) is 18.2 Å². The lowest BCUT2D eigenvalue weighted by Gasteiger charge is -2.27. The summed E-state index contributed by atoms with van der Waals surface area (Å²) < 4.78 is 13.3. The number of fused-ring (bicyclic) bond motifs is 1. The number of halogens is 1. The lowest BCUT2D eigenvalue weighted by molar-refractivity contribution is 0.0940. The first-order valence-electron chi connectivity index (χ1n) is 6.36. The van der Waals surface area contributed by atoms with Gasteiger partial charge >= 0.3 is 0 Å². The zero-order valence-corrected chi connectivity index (χ0v) is 9.71. The summed E-state index contributed by atoms with van der Waals surface area (Å²) in [6.45, 7) is 0. The third kappa shape index (κ3) is 1.84. The van der Waals surface area contributed by atoms with E-state index in [1.165, 1.54) is 31.4 Å². The number of nitrogens with one attached hydrogen (secondary N) is 1. The van der Waals surface area contributed by atoms with Gasteiger partial charge in [0.1, 0.15) is 5.82 Å².